The van der Waals surface area contributed by atoms with Crippen LogP contribution in [0.25, 0.3) is 0 Å². The van der Waals surface area contributed by atoms with Crippen LogP contribution in [-0.2, 0) is 16.4 Å². The average molecular weight is 361 g/mol. The van der Waals surface area contributed by atoms with Crippen molar-refractivity contribution in [3.8, 4) is 0 Å². The zero-order chi connectivity index (χ0) is 18.1. The predicted octanol–water partition coefficient (Wildman–Crippen LogP) is 2.68. The Morgan fingerprint density at radius 2 is 1.84 bits per heavy atom. The summed E-state index contributed by atoms with van der Waals surface area (Å²) in [6, 6.07) is 13.8. The summed E-state index contributed by atoms with van der Waals surface area (Å²) in [4.78, 5) is 10.4. The molecule has 3 rings (SSSR count). The van der Waals surface area contributed by atoms with E-state index in [9.17, 15) is 18.5 Å². The van der Waals surface area contributed by atoms with Crippen molar-refractivity contribution < 1.29 is 13.3 Å². The minimum absolute atomic E-state index is 0.0911. The van der Waals surface area contributed by atoms with E-state index in [2.05, 4.69) is 17.4 Å². The van der Waals surface area contributed by atoms with Gasteiger partial charge in [-0.2, -0.15) is 0 Å². The second kappa shape index (κ2) is 6.45. The van der Waals surface area contributed by atoms with Crippen LogP contribution in [0.2, 0.25) is 0 Å². The Hall–Kier alpha value is -2.45. The van der Waals surface area contributed by atoms with E-state index in [4.69, 9.17) is 5.14 Å². The highest BCUT2D eigenvalue weighted by molar-refractivity contribution is 7.89. The Kier molecular flexibility index (Phi) is 4.49. The van der Waals surface area contributed by atoms with Gasteiger partial charge in [0.1, 0.15) is 5.69 Å². The van der Waals surface area contributed by atoms with Gasteiger partial charge in [0.2, 0.25) is 10.0 Å². The van der Waals surface area contributed by atoms with Gasteiger partial charge in [-0.1, -0.05) is 30.3 Å². The van der Waals surface area contributed by atoms with E-state index >= 15 is 0 Å². The van der Waals surface area contributed by atoms with Crippen molar-refractivity contribution in [3.05, 3.63) is 64.2 Å². The third kappa shape index (κ3) is 4.15. The normalized spacial score (nSPS) is 15.6. The monoisotopic (exact) mass is 361 g/mol. The van der Waals surface area contributed by atoms with Crippen LogP contribution in [-0.4, -0.2) is 19.9 Å². The smallest absolute Gasteiger partial charge is 0.293 e. The fourth-order valence-electron chi connectivity index (χ4n) is 2.89. The van der Waals surface area contributed by atoms with Crippen LogP contribution < -0.4 is 10.5 Å². The van der Waals surface area contributed by atoms with E-state index in [0.717, 1.165) is 25.3 Å². The maximum atomic E-state index is 11.4. The standard InChI is InChI=1S/C17H19N3O4S/c18-25(23,24)14-6-7-15(16(10-14)20(21)22)19-12-17(8-9-17)11-13-4-2-1-3-5-13/h1-7,10,19H,8-9,11-12H2,(H2,18,23,24). The summed E-state index contributed by atoms with van der Waals surface area (Å²) < 4.78 is 22.8. The van der Waals surface area contributed by atoms with Crippen LogP contribution in [0.4, 0.5) is 11.4 Å². The lowest BCUT2D eigenvalue weighted by atomic mass is 9.96. The first-order valence-corrected chi connectivity index (χ1v) is 9.43. The van der Waals surface area contributed by atoms with Gasteiger partial charge in [-0.25, -0.2) is 13.6 Å². The molecule has 0 heterocycles. The van der Waals surface area contributed by atoms with Gasteiger partial charge in [0.15, 0.2) is 0 Å². The fourth-order valence-corrected chi connectivity index (χ4v) is 3.43. The molecule has 0 spiro atoms. The van der Waals surface area contributed by atoms with Crippen LogP contribution in [0.5, 0.6) is 0 Å². The molecule has 1 fully saturated rings. The molecule has 2 aromatic carbocycles. The summed E-state index contributed by atoms with van der Waals surface area (Å²) in [5, 5.41) is 19.4. The first-order valence-electron chi connectivity index (χ1n) is 7.88. The van der Waals surface area contributed by atoms with Crippen molar-refractivity contribution in [3.63, 3.8) is 0 Å². The minimum Gasteiger partial charge on any atom is -0.379 e. The van der Waals surface area contributed by atoms with E-state index in [1.807, 2.05) is 18.2 Å². The molecule has 2 aromatic rings. The van der Waals surface area contributed by atoms with Crippen molar-refractivity contribution in [1.82, 2.24) is 0 Å². The van der Waals surface area contributed by atoms with Gasteiger partial charge in [0.05, 0.1) is 9.82 Å². The van der Waals surface area contributed by atoms with Gasteiger partial charge in [0.25, 0.3) is 5.69 Å². The first kappa shape index (κ1) is 17.4. The molecular formula is C17H19N3O4S. The number of benzene rings is 2. The summed E-state index contributed by atoms with van der Waals surface area (Å²) in [5.41, 5.74) is 1.34. The quantitative estimate of drug-likeness (QED) is 0.581. The second-order valence-electron chi connectivity index (χ2n) is 6.50. The summed E-state index contributed by atoms with van der Waals surface area (Å²) >= 11 is 0. The highest BCUT2D eigenvalue weighted by atomic mass is 32.2. The SMILES string of the molecule is NS(=O)(=O)c1ccc(NCC2(Cc3ccccc3)CC2)c([N+](=O)[O-])c1. The number of anilines is 1. The van der Waals surface area contributed by atoms with Crippen LogP contribution in [0, 0.1) is 15.5 Å². The van der Waals surface area contributed by atoms with Gasteiger partial charge in [-0.15, -0.1) is 0 Å². The number of rotatable bonds is 7. The molecule has 0 aromatic heterocycles. The molecule has 1 aliphatic rings. The molecule has 0 atom stereocenters. The summed E-state index contributed by atoms with van der Waals surface area (Å²) in [7, 11) is -3.98. The molecular weight excluding hydrogens is 342 g/mol. The van der Waals surface area contributed by atoms with E-state index in [-0.39, 0.29) is 16.0 Å². The molecule has 7 nitrogen and oxygen atoms in total. The first-order chi connectivity index (χ1) is 11.8. The molecule has 3 N–H and O–H groups in total. The molecule has 0 aliphatic heterocycles. The topological polar surface area (TPSA) is 115 Å². The minimum atomic E-state index is -3.98. The number of sulfonamides is 1. The number of primary sulfonamides is 1. The lowest BCUT2D eigenvalue weighted by Crippen LogP contribution is -2.19. The third-order valence-electron chi connectivity index (χ3n) is 4.53. The van der Waals surface area contributed by atoms with E-state index in [1.54, 1.807) is 0 Å². The third-order valence-corrected chi connectivity index (χ3v) is 5.44. The number of nitrogens with two attached hydrogens (primary N) is 1. The van der Waals surface area contributed by atoms with Crippen molar-refractivity contribution in [2.75, 3.05) is 11.9 Å². The summed E-state index contributed by atoms with van der Waals surface area (Å²) in [6.45, 7) is 0.595. The maximum Gasteiger partial charge on any atom is 0.293 e. The molecule has 0 bridgehead atoms. The number of nitrogens with one attached hydrogen (secondary N) is 1. The predicted molar refractivity (Wildman–Crippen MR) is 94.8 cm³/mol. The molecule has 0 unspecified atom stereocenters. The van der Waals surface area contributed by atoms with Crippen molar-refractivity contribution in [2.24, 2.45) is 10.6 Å². The Morgan fingerprint density at radius 1 is 1.16 bits per heavy atom. The molecule has 132 valence electrons. The van der Waals surface area contributed by atoms with E-state index in [1.165, 1.54) is 17.7 Å². The summed E-state index contributed by atoms with van der Waals surface area (Å²) in [6.07, 6.45) is 3.01. The molecule has 0 saturated heterocycles. The zero-order valence-electron chi connectivity index (χ0n) is 13.5. The molecule has 8 heteroatoms. The van der Waals surface area contributed by atoms with Gasteiger partial charge in [0, 0.05) is 12.6 Å². The lowest BCUT2D eigenvalue weighted by molar-refractivity contribution is -0.384. The lowest BCUT2D eigenvalue weighted by Gasteiger charge is -2.17. The van der Waals surface area contributed by atoms with Gasteiger partial charge in [-0.3, -0.25) is 10.1 Å². The molecule has 0 amide bonds. The Morgan fingerprint density at radius 3 is 2.40 bits per heavy atom. The second-order valence-corrected chi connectivity index (χ2v) is 8.06. The number of hydrogen-bond donors (Lipinski definition) is 2. The largest absolute Gasteiger partial charge is 0.379 e. The number of nitrogens with zero attached hydrogens (tertiary/aromatic N) is 1. The fraction of sp³-hybridized carbons (Fsp3) is 0.294. The van der Waals surface area contributed by atoms with Gasteiger partial charge >= 0.3 is 0 Å². The van der Waals surface area contributed by atoms with E-state index < -0.39 is 14.9 Å². The number of nitro groups is 1. The molecule has 25 heavy (non-hydrogen) atoms. The van der Waals surface area contributed by atoms with Gasteiger partial charge < -0.3 is 5.32 Å². The average Bonchev–Trinajstić information content (AvgIpc) is 3.32. The maximum absolute atomic E-state index is 11.4. The van der Waals surface area contributed by atoms with Gasteiger partial charge in [-0.05, 0) is 42.4 Å². The number of hydrogen-bond acceptors (Lipinski definition) is 5. The summed E-state index contributed by atoms with van der Waals surface area (Å²) in [5.74, 6) is 0. The number of nitro benzene ring substituents is 1. The van der Waals surface area contributed by atoms with Crippen LogP contribution in [0.1, 0.15) is 18.4 Å². The highest BCUT2D eigenvalue weighted by Crippen LogP contribution is 2.48. The Labute approximate surface area is 146 Å². The van der Waals surface area contributed by atoms with Crippen LogP contribution in [0.15, 0.2) is 53.4 Å². The Balaban J connectivity index is 1.76. The van der Waals surface area contributed by atoms with Crippen LogP contribution >= 0.6 is 0 Å². The highest BCUT2D eigenvalue weighted by Gasteiger charge is 2.42. The Bertz CT molecular complexity index is 893. The molecule has 1 aliphatic carbocycles. The van der Waals surface area contributed by atoms with Crippen molar-refractivity contribution in [1.29, 1.82) is 0 Å². The molecule has 0 radical (unpaired) electrons. The van der Waals surface area contributed by atoms with Crippen molar-refractivity contribution in [2.45, 2.75) is 24.2 Å². The molecule has 1 saturated carbocycles. The van der Waals surface area contributed by atoms with Crippen LogP contribution in [0.3, 0.4) is 0 Å². The van der Waals surface area contributed by atoms with Crippen molar-refractivity contribution >= 4 is 21.4 Å². The zero-order valence-corrected chi connectivity index (χ0v) is 14.3. The van der Waals surface area contributed by atoms with E-state index in [0.29, 0.717) is 12.2 Å².